The normalized spacial score (nSPS) is 15.3. The van der Waals surface area contributed by atoms with Gasteiger partial charge in [-0.1, -0.05) is 30.3 Å². The van der Waals surface area contributed by atoms with Crippen molar-refractivity contribution in [2.45, 2.75) is 18.9 Å². The van der Waals surface area contributed by atoms with Gasteiger partial charge < -0.3 is 10.6 Å². The van der Waals surface area contributed by atoms with Crippen molar-refractivity contribution in [3.05, 3.63) is 55.0 Å². The molecule has 0 amide bonds. The molecular weight excluding hydrogens is 312 g/mol. The molecule has 1 fully saturated rings. The molecule has 1 aliphatic heterocycles. The van der Waals surface area contributed by atoms with E-state index in [9.17, 15) is 0 Å². The van der Waals surface area contributed by atoms with E-state index in [1.165, 1.54) is 0 Å². The van der Waals surface area contributed by atoms with Gasteiger partial charge >= 0.3 is 0 Å². The minimum absolute atomic E-state index is 0.283. The smallest absolute Gasteiger partial charge is 0.182 e. The summed E-state index contributed by atoms with van der Waals surface area (Å²) in [7, 11) is 0. The lowest BCUT2D eigenvalue weighted by atomic mass is 10.1. The zero-order valence-corrected chi connectivity index (χ0v) is 13.9. The third-order valence-electron chi connectivity index (χ3n) is 4.44. The second-order valence-electron chi connectivity index (χ2n) is 6.22. The van der Waals surface area contributed by atoms with Crippen molar-refractivity contribution in [2.75, 3.05) is 18.0 Å². The maximum absolute atomic E-state index is 6.04. The minimum Gasteiger partial charge on any atom is -0.356 e. The molecule has 25 heavy (non-hydrogen) atoms. The monoisotopic (exact) mass is 332 g/mol. The summed E-state index contributed by atoms with van der Waals surface area (Å²) in [5, 5.41) is 0. The zero-order valence-electron chi connectivity index (χ0n) is 13.9. The Morgan fingerprint density at radius 2 is 1.76 bits per heavy atom. The Kier molecular flexibility index (Phi) is 4.35. The summed E-state index contributed by atoms with van der Waals surface area (Å²) in [6, 6.07) is 12.5. The van der Waals surface area contributed by atoms with Crippen LogP contribution in [0.5, 0.6) is 0 Å². The fraction of sp³-hybridized carbons (Fsp3) is 0.263. The van der Waals surface area contributed by atoms with E-state index in [2.05, 4.69) is 27.0 Å². The highest BCUT2D eigenvalue weighted by atomic mass is 15.2. The van der Waals surface area contributed by atoms with E-state index in [-0.39, 0.29) is 6.04 Å². The molecule has 1 aromatic carbocycles. The number of hydrogen-bond donors (Lipinski definition) is 1. The number of nitrogens with zero attached hydrogens (tertiary/aromatic N) is 5. The lowest BCUT2D eigenvalue weighted by Crippen LogP contribution is -2.40. The molecular formula is C19H20N6. The van der Waals surface area contributed by atoms with Crippen LogP contribution in [-0.2, 0) is 0 Å². The Bertz CT molecular complexity index is 771. The quantitative estimate of drug-likeness (QED) is 0.794. The maximum Gasteiger partial charge on any atom is 0.182 e. The average Bonchev–Trinajstić information content (AvgIpc) is 2.69. The fourth-order valence-electron chi connectivity index (χ4n) is 3.01. The van der Waals surface area contributed by atoms with Crippen LogP contribution in [0.1, 0.15) is 12.8 Å². The van der Waals surface area contributed by atoms with E-state index >= 15 is 0 Å². The third kappa shape index (κ3) is 3.49. The zero-order chi connectivity index (χ0) is 17.1. The molecule has 126 valence electrons. The average molecular weight is 332 g/mol. The summed E-state index contributed by atoms with van der Waals surface area (Å²) < 4.78 is 0. The molecule has 6 heteroatoms. The fourth-order valence-corrected chi connectivity index (χ4v) is 3.01. The predicted octanol–water partition coefficient (Wildman–Crippen LogP) is 2.53. The lowest BCUT2D eigenvalue weighted by Gasteiger charge is -2.31. The topological polar surface area (TPSA) is 80.8 Å². The van der Waals surface area contributed by atoms with Crippen molar-refractivity contribution in [3.8, 4) is 22.8 Å². The Balaban J connectivity index is 1.78. The van der Waals surface area contributed by atoms with Gasteiger partial charge in [-0.25, -0.2) is 15.0 Å². The first-order chi connectivity index (χ1) is 12.3. The van der Waals surface area contributed by atoms with E-state index in [0.717, 1.165) is 43.0 Å². The summed E-state index contributed by atoms with van der Waals surface area (Å²) in [6.45, 7) is 1.82. The van der Waals surface area contributed by atoms with Crippen LogP contribution in [-0.4, -0.2) is 39.1 Å². The molecule has 3 heterocycles. The van der Waals surface area contributed by atoms with Gasteiger partial charge in [-0.15, -0.1) is 0 Å². The molecule has 0 spiro atoms. The number of nitrogens with two attached hydrogens (primary N) is 1. The van der Waals surface area contributed by atoms with Crippen LogP contribution < -0.4 is 10.6 Å². The van der Waals surface area contributed by atoms with E-state index < -0.39 is 0 Å². The largest absolute Gasteiger partial charge is 0.356 e. The summed E-state index contributed by atoms with van der Waals surface area (Å²) in [6.07, 6.45) is 6.96. The number of benzene rings is 1. The van der Waals surface area contributed by atoms with Gasteiger partial charge in [0, 0.05) is 43.2 Å². The lowest BCUT2D eigenvalue weighted by molar-refractivity contribution is 0.498. The second-order valence-corrected chi connectivity index (χ2v) is 6.22. The molecule has 4 rings (SSSR count). The van der Waals surface area contributed by atoms with E-state index in [1.54, 1.807) is 18.6 Å². The first-order valence-corrected chi connectivity index (χ1v) is 8.51. The van der Waals surface area contributed by atoms with Gasteiger partial charge in [0.1, 0.15) is 11.5 Å². The van der Waals surface area contributed by atoms with Gasteiger partial charge in [0.05, 0.1) is 11.9 Å². The van der Waals surface area contributed by atoms with Gasteiger partial charge in [-0.3, -0.25) is 4.98 Å². The highest BCUT2D eigenvalue weighted by molar-refractivity contribution is 5.66. The number of rotatable bonds is 3. The molecule has 6 nitrogen and oxygen atoms in total. The molecule has 0 unspecified atom stereocenters. The molecule has 0 saturated carbocycles. The van der Waals surface area contributed by atoms with Gasteiger partial charge in [0.2, 0.25) is 0 Å². The van der Waals surface area contributed by atoms with Crippen molar-refractivity contribution in [2.24, 2.45) is 5.73 Å². The molecule has 0 radical (unpaired) electrons. The van der Waals surface area contributed by atoms with Crippen LogP contribution in [0.15, 0.2) is 55.0 Å². The van der Waals surface area contributed by atoms with Crippen LogP contribution in [0.4, 0.5) is 5.82 Å². The Morgan fingerprint density at radius 3 is 2.48 bits per heavy atom. The Hall–Kier alpha value is -2.86. The van der Waals surface area contributed by atoms with Crippen LogP contribution >= 0.6 is 0 Å². The van der Waals surface area contributed by atoms with Crippen LogP contribution in [0.25, 0.3) is 22.8 Å². The van der Waals surface area contributed by atoms with Gasteiger partial charge in [-0.05, 0) is 12.8 Å². The SMILES string of the molecule is NC1CCN(c2cc(-c3ccccc3)nc(-c3cnccn3)n2)CC1. The van der Waals surface area contributed by atoms with Gasteiger partial charge in [0.15, 0.2) is 5.82 Å². The van der Waals surface area contributed by atoms with E-state index in [4.69, 9.17) is 15.7 Å². The van der Waals surface area contributed by atoms with Crippen molar-refractivity contribution in [3.63, 3.8) is 0 Å². The third-order valence-corrected chi connectivity index (χ3v) is 4.44. The summed E-state index contributed by atoms with van der Waals surface area (Å²) in [5.41, 5.74) is 8.67. The molecule has 0 bridgehead atoms. The molecule has 2 aromatic heterocycles. The van der Waals surface area contributed by atoms with E-state index in [1.807, 2.05) is 24.3 Å². The summed E-state index contributed by atoms with van der Waals surface area (Å²) in [5.74, 6) is 1.51. The molecule has 1 saturated heterocycles. The Morgan fingerprint density at radius 1 is 0.960 bits per heavy atom. The standard InChI is InChI=1S/C19H20N6/c20-15-6-10-25(11-7-15)18-12-16(14-4-2-1-3-5-14)23-19(24-18)17-13-21-8-9-22-17/h1-5,8-9,12-13,15H,6-7,10-11,20H2. The van der Waals surface area contributed by atoms with Crippen molar-refractivity contribution in [1.82, 2.24) is 19.9 Å². The highest BCUT2D eigenvalue weighted by Gasteiger charge is 2.19. The van der Waals surface area contributed by atoms with Crippen molar-refractivity contribution in [1.29, 1.82) is 0 Å². The maximum atomic E-state index is 6.04. The van der Waals surface area contributed by atoms with Crippen LogP contribution in [0.3, 0.4) is 0 Å². The van der Waals surface area contributed by atoms with Crippen molar-refractivity contribution < 1.29 is 0 Å². The number of aromatic nitrogens is 4. The van der Waals surface area contributed by atoms with Crippen LogP contribution in [0, 0.1) is 0 Å². The first kappa shape index (κ1) is 15.7. The highest BCUT2D eigenvalue weighted by Crippen LogP contribution is 2.26. The van der Waals surface area contributed by atoms with Gasteiger partial charge in [-0.2, -0.15) is 0 Å². The van der Waals surface area contributed by atoms with Crippen molar-refractivity contribution >= 4 is 5.82 Å². The number of anilines is 1. The summed E-state index contributed by atoms with van der Waals surface area (Å²) in [4.78, 5) is 20.2. The second kappa shape index (κ2) is 6.94. The molecule has 1 aliphatic rings. The first-order valence-electron chi connectivity index (χ1n) is 8.51. The van der Waals surface area contributed by atoms with Crippen LogP contribution in [0.2, 0.25) is 0 Å². The molecule has 0 aliphatic carbocycles. The molecule has 0 atom stereocenters. The molecule has 3 aromatic rings. The van der Waals surface area contributed by atoms with E-state index in [0.29, 0.717) is 11.5 Å². The number of piperidine rings is 1. The minimum atomic E-state index is 0.283. The van der Waals surface area contributed by atoms with Gasteiger partial charge in [0.25, 0.3) is 0 Å². The summed E-state index contributed by atoms with van der Waals surface area (Å²) >= 11 is 0. The number of hydrogen-bond acceptors (Lipinski definition) is 6. The predicted molar refractivity (Wildman–Crippen MR) is 97.9 cm³/mol. The molecule has 2 N–H and O–H groups in total. The Labute approximate surface area is 146 Å².